The van der Waals surface area contributed by atoms with Gasteiger partial charge in [-0.3, -0.25) is 14.6 Å². The van der Waals surface area contributed by atoms with Gasteiger partial charge in [0.1, 0.15) is 0 Å². The number of anilines is 1. The lowest BCUT2D eigenvalue weighted by atomic mass is 10.0. The molecule has 0 aliphatic carbocycles. The molecule has 1 aliphatic heterocycles. The number of amides is 2. The van der Waals surface area contributed by atoms with Gasteiger partial charge in [0.05, 0.1) is 18.2 Å². The number of carbonyl (C=O) groups is 2. The topological polar surface area (TPSA) is 70.6 Å². The molecule has 6 heteroatoms. The predicted octanol–water partition coefficient (Wildman–Crippen LogP) is 2.98. The van der Waals surface area contributed by atoms with Crippen LogP contribution >= 0.6 is 11.8 Å². The van der Waals surface area contributed by atoms with Crippen molar-refractivity contribution >= 4 is 34.4 Å². The minimum atomic E-state index is -0.195. The Morgan fingerprint density at radius 1 is 1.12 bits per heavy atom. The number of rotatable bonds is 4. The van der Waals surface area contributed by atoms with Gasteiger partial charge < -0.3 is 10.6 Å². The van der Waals surface area contributed by atoms with Crippen LogP contribution in [0.25, 0.3) is 0 Å². The van der Waals surface area contributed by atoms with E-state index in [4.69, 9.17) is 0 Å². The van der Waals surface area contributed by atoms with Crippen molar-refractivity contribution in [3.8, 4) is 0 Å². The number of thioether (sulfide) groups is 1. The standard InChI is InChI=1S/C18H17N3O2S/c22-16-11-15(13-7-3-1-4-8-13)20-18(21-16)24-12-17(23)19-14-9-5-2-6-10-14/h1-10,15H,11-12H2,(H,19,23)(H,20,21,22). The predicted molar refractivity (Wildman–Crippen MR) is 96.9 cm³/mol. The third-order valence-electron chi connectivity index (χ3n) is 3.48. The van der Waals surface area contributed by atoms with E-state index in [-0.39, 0.29) is 23.6 Å². The zero-order chi connectivity index (χ0) is 16.8. The molecule has 1 heterocycles. The van der Waals surface area contributed by atoms with Crippen molar-refractivity contribution in [2.24, 2.45) is 4.99 Å². The van der Waals surface area contributed by atoms with E-state index in [1.165, 1.54) is 11.8 Å². The van der Waals surface area contributed by atoms with Crippen LogP contribution in [0.4, 0.5) is 5.69 Å². The molecule has 0 spiro atoms. The van der Waals surface area contributed by atoms with Crippen molar-refractivity contribution < 1.29 is 9.59 Å². The van der Waals surface area contributed by atoms with E-state index in [0.29, 0.717) is 11.6 Å². The Labute approximate surface area is 144 Å². The molecule has 0 fully saturated rings. The lowest BCUT2D eigenvalue weighted by Crippen LogP contribution is -2.35. The van der Waals surface area contributed by atoms with Gasteiger partial charge in [-0.15, -0.1) is 0 Å². The maximum Gasteiger partial charge on any atom is 0.234 e. The van der Waals surface area contributed by atoms with Crippen molar-refractivity contribution in [2.45, 2.75) is 12.5 Å². The Balaban J connectivity index is 1.60. The SMILES string of the molecule is O=C1CC(c2ccccc2)N=C(SCC(=O)Nc2ccccc2)N1. The zero-order valence-corrected chi connectivity index (χ0v) is 13.8. The molecular weight excluding hydrogens is 322 g/mol. The van der Waals surface area contributed by atoms with Crippen LogP contribution in [0, 0.1) is 0 Å². The first-order valence-electron chi connectivity index (χ1n) is 7.61. The highest BCUT2D eigenvalue weighted by Crippen LogP contribution is 2.25. The molecule has 0 aromatic heterocycles. The molecule has 3 rings (SSSR count). The minimum absolute atomic E-state index is 0.0789. The Hall–Kier alpha value is -2.60. The molecule has 0 bridgehead atoms. The third kappa shape index (κ3) is 4.45. The Morgan fingerprint density at radius 3 is 2.50 bits per heavy atom. The van der Waals surface area contributed by atoms with E-state index in [9.17, 15) is 9.59 Å². The molecule has 0 saturated heterocycles. The number of para-hydroxylation sites is 1. The van der Waals surface area contributed by atoms with E-state index in [0.717, 1.165) is 11.3 Å². The lowest BCUT2D eigenvalue weighted by Gasteiger charge is -2.20. The van der Waals surface area contributed by atoms with Gasteiger partial charge in [-0.2, -0.15) is 0 Å². The summed E-state index contributed by atoms with van der Waals surface area (Å²) >= 11 is 1.23. The van der Waals surface area contributed by atoms with Gasteiger partial charge in [0.15, 0.2) is 5.17 Å². The molecule has 24 heavy (non-hydrogen) atoms. The second kappa shape index (κ2) is 7.79. The summed E-state index contributed by atoms with van der Waals surface area (Å²) in [7, 11) is 0. The van der Waals surface area contributed by atoms with Crippen LogP contribution in [0.15, 0.2) is 65.7 Å². The average molecular weight is 339 g/mol. The first-order chi connectivity index (χ1) is 11.7. The number of carbonyl (C=O) groups excluding carboxylic acids is 2. The first-order valence-corrected chi connectivity index (χ1v) is 8.59. The van der Waals surface area contributed by atoms with Gasteiger partial charge in [0.25, 0.3) is 0 Å². The number of amidine groups is 1. The monoisotopic (exact) mass is 339 g/mol. The van der Waals surface area contributed by atoms with Crippen molar-refractivity contribution in [1.29, 1.82) is 0 Å². The summed E-state index contributed by atoms with van der Waals surface area (Å²) in [4.78, 5) is 28.4. The average Bonchev–Trinajstić information content (AvgIpc) is 2.61. The number of benzene rings is 2. The van der Waals surface area contributed by atoms with Crippen molar-refractivity contribution in [3.05, 3.63) is 66.2 Å². The molecular formula is C18H17N3O2S. The Morgan fingerprint density at radius 2 is 1.79 bits per heavy atom. The second-order valence-electron chi connectivity index (χ2n) is 5.32. The molecule has 122 valence electrons. The molecule has 2 aromatic carbocycles. The third-order valence-corrected chi connectivity index (χ3v) is 4.37. The molecule has 0 saturated carbocycles. The second-order valence-corrected chi connectivity index (χ2v) is 6.28. The molecule has 0 radical (unpaired) electrons. The molecule has 2 aromatic rings. The summed E-state index contributed by atoms with van der Waals surface area (Å²) in [6.07, 6.45) is 0.324. The summed E-state index contributed by atoms with van der Waals surface area (Å²) in [6.45, 7) is 0. The van der Waals surface area contributed by atoms with Gasteiger partial charge in [-0.25, -0.2) is 0 Å². The molecule has 1 unspecified atom stereocenters. The Kier molecular flexibility index (Phi) is 5.28. The highest BCUT2D eigenvalue weighted by Gasteiger charge is 2.22. The molecule has 1 aliphatic rings. The van der Waals surface area contributed by atoms with Gasteiger partial charge in [0.2, 0.25) is 11.8 Å². The van der Waals surface area contributed by atoms with Crippen LogP contribution in [-0.4, -0.2) is 22.7 Å². The molecule has 1 atom stereocenters. The number of nitrogens with zero attached hydrogens (tertiary/aromatic N) is 1. The number of hydrogen-bond donors (Lipinski definition) is 2. The van der Waals surface area contributed by atoms with E-state index in [1.54, 1.807) is 0 Å². The van der Waals surface area contributed by atoms with Crippen molar-refractivity contribution in [2.75, 3.05) is 11.1 Å². The fourth-order valence-corrected chi connectivity index (χ4v) is 3.09. The van der Waals surface area contributed by atoms with Crippen LogP contribution in [0.3, 0.4) is 0 Å². The van der Waals surface area contributed by atoms with Crippen LogP contribution < -0.4 is 10.6 Å². The zero-order valence-electron chi connectivity index (χ0n) is 12.9. The largest absolute Gasteiger partial charge is 0.325 e. The first kappa shape index (κ1) is 16.3. The number of nitrogens with one attached hydrogen (secondary N) is 2. The van der Waals surface area contributed by atoms with E-state index < -0.39 is 0 Å². The quantitative estimate of drug-likeness (QED) is 0.900. The van der Waals surface area contributed by atoms with Crippen LogP contribution in [0.5, 0.6) is 0 Å². The fourth-order valence-electron chi connectivity index (χ4n) is 2.36. The normalized spacial score (nSPS) is 16.9. The van der Waals surface area contributed by atoms with E-state index in [1.807, 2.05) is 60.7 Å². The molecule has 2 N–H and O–H groups in total. The summed E-state index contributed by atoms with van der Waals surface area (Å²) < 4.78 is 0. The molecule has 5 nitrogen and oxygen atoms in total. The van der Waals surface area contributed by atoms with Crippen LogP contribution in [0.2, 0.25) is 0 Å². The van der Waals surface area contributed by atoms with Gasteiger partial charge in [0, 0.05) is 5.69 Å². The van der Waals surface area contributed by atoms with Gasteiger partial charge in [-0.05, 0) is 17.7 Å². The highest BCUT2D eigenvalue weighted by atomic mass is 32.2. The smallest absolute Gasteiger partial charge is 0.234 e. The van der Waals surface area contributed by atoms with Crippen LogP contribution in [0.1, 0.15) is 18.0 Å². The highest BCUT2D eigenvalue weighted by molar-refractivity contribution is 8.14. The summed E-state index contributed by atoms with van der Waals surface area (Å²) in [6, 6.07) is 18.8. The summed E-state index contributed by atoms with van der Waals surface area (Å²) in [5, 5.41) is 6.03. The number of hydrogen-bond acceptors (Lipinski definition) is 4. The maximum atomic E-state index is 12.0. The minimum Gasteiger partial charge on any atom is -0.325 e. The van der Waals surface area contributed by atoms with Gasteiger partial charge in [-0.1, -0.05) is 60.3 Å². The summed E-state index contributed by atoms with van der Waals surface area (Å²) in [5.41, 5.74) is 1.75. The van der Waals surface area contributed by atoms with Crippen molar-refractivity contribution in [1.82, 2.24) is 5.32 Å². The molecule has 2 amide bonds. The fraction of sp³-hybridized carbons (Fsp3) is 0.167. The number of aliphatic imine (C=N–C) groups is 1. The maximum absolute atomic E-state index is 12.0. The van der Waals surface area contributed by atoms with E-state index in [2.05, 4.69) is 15.6 Å². The van der Waals surface area contributed by atoms with Gasteiger partial charge >= 0.3 is 0 Å². The Bertz CT molecular complexity index is 747. The van der Waals surface area contributed by atoms with Crippen molar-refractivity contribution in [3.63, 3.8) is 0 Å². The van der Waals surface area contributed by atoms with Crippen LogP contribution in [-0.2, 0) is 9.59 Å². The summed E-state index contributed by atoms with van der Waals surface area (Å²) in [5.74, 6) is -0.0231. The lowest BCUT2D eigenvalue weighted by molar-refractivity contribution is -0.120. The van der Waals surface area contributed by atoms with E-state index >= 15 is 0 Å².